The summed E-state index contributed by atoms with van der Waals surface area (Å²) >= 11 is 6.80. The van der Waals surface area contributed by atoms with Crippen LogP contribution < -0.4 is 5.32 Å². The molecule has 0 spiro atoms. The van der Waals surface area contributed by atoms with E-state index in [4.69, 9.17) is 5.11 Å². The molecule has 1 amide bonds. The predicted molar refractivity (Wildman–Crippen MR) is 106 cm³/mol. The van der Waals surface area contributed by atoms with Gasteiger partial charge in [-0.05, 0) is 33.6 Å². The Morgan fingerprint density at radius 1 is 1.11 bits per heavy atom. The van der Waals surface area contributed by atoms with Gasteiger partial charge in [0.2, 0.25) is 0 Å². The molecule has 2 aromatic heterocycles. The lowest BCUT2D eigenvalue weighted by Crippen LogP contribution is -2.12. The molecule has 27 heavy (non-hydrogen) atoms. The van der Waals surface area contributed by atoms with Crippen LogP contribution in [0.1, 0.15) is 22.3 Å². The molecular formula is C17H15Br2N5O3. The zero-order valence-electron chi connectivity index (χ0n) is 14.0. The van der Waals surface area contributed by atoms with Crippen LogP contribution in [0.15, 0.2) is 51.8 Å². The van der Waals surface area contributed by atoms with Crippen LogP contribution in [0.4, 0.5) is 5.82 Å². The molecule has 1 aromatic carbocycles. The minimum absolute atomic E-state index is 0.0608. The summed E-state index contributed by atoms with van der Waals surface area (Å²) in [5.41, 5.74) is 1.40. The van der Waals surface area contributed by atoms with E-state index in [0.717, 1.165) is 10.0 Å². The third-order valence-corrected chi connectivity index (χ3v) is 4.77. The number of hydrogen-bond donors (Lipinski definition) is 2. The average molecular weight is 497 g/mol. The number of aliphatic carboxylic acids is 1. The van der Waals surface area contributed by atoms with Crippen LogP contribution >= 0.6 is 31.9 Å². The van der Waals surface area contributed by atoms with Crippen molar-refractivity contribution in [3.8, 4) is 0 Å². The van der Waals surface area contributed by atoms with Gasteiger partial charge in [0.15, 0.2) is 5.82 Å². The molecule has 0 unspecified atom stereocenters. The highest BCUT2D eigenvalue weighted by Gasteiger charge is 2.14. The van der Waals surface area contributed by atoms with E-state index in [2.05, 4.69) is 47.4 Å². The molecule has 2 N–H and O–H groups in total. The smallest absolute Gasteiger partial charge is 0.305 e. The van der Waals surface area contributed by atoms with Crippen molar-refractivity contribution < 1.29 is 14.7 Å². The maximum Gasteiger partial charge on any atom is 0.305 e. The molecule has 3 rings (SSSR count). The lowest BCUT2D eigenvalue weighted by molar-refractivity contribution is -0.137. The highest BCUT2D eigenvalue weighted by atomic mass is 79.9. The van der Waals surface area contributed by atoms with Gasteiger partial charge in [-0.1, -0.05) is 28.1 Å². The largest absolute Gasteiger partial charge is 0.481 e. The Bertz CT molecular complexity index is 965. The summed E-state index contributed by atoms with van der Waals surface area (Å²) in [6.45, 7) is 0.767. The number of benzene rings is 1. The molecule has 0 aliphatic carbocycles. The molecular weight excluding hydrogens is 482 g/mol. The quantitative estimate of drug-likeness (QED) is 0.522. The van der Waals surface area contributed by atoms with Crippen molar-refractivity contribution in [1.29, 1.82) is 0 Å². The van der Waals surface area contributed by atoms with E-state index in [9.17, 15) is 9.59 Å². The third kappa shape index (κ3) is 5.27. The van der Waals surface area contributed by atoms with Gasteiger partial charge >= 0.3 is 5.97 Å². The van der Waals surface area contributed by atoms with Crippen molar-refractivity contribution in [3.05, 3.63) is 62.9 Å². The number of carboxylic acids is 1. The zero-order chi connectivity index (χ0) is 19.4. The first-order valence-corrected chi connectivity index (χ1v) is 9.52. The Morgan fingerprint density at radius 3 is 2.56 bits per heavy atom. The number of carboxylic acid groups (broad SMARTS) is 1. The van der Waals surface area contributed by atoms with Crippen molar-refractivity contribution in [2.45, 2.75) is 19.5 Å². The van der Waals surface area contributed by atoms with Crippen LogP contribution in [-0.2, 0) is 17.9 Å². The molecule has 0 aliphatic heterocycles. The third-order valence-electron chi connectivity index (χ3n) is 3.66. The number of aryl methyl sites for hydroxylation is 1. The number of nitrogens with zero attached hydrogens (tertiary/aromatic N) is 4. The highest BCUT2D eigenvalue weighted by molar-refractivity contribution is 9.10. The van der Waals surface area contributed by atoms with Crippen molar-refractivity contribution in [2.24, 2.45) is 0 Å². The van der Waals surface area contributed by atoms with E-state index in [0.29, 0.717) is 22.4 Å². The fraction of sp³-hybridized carbons (Fsp3) is 0.176. The van der Waals surface area contributed by atoms with Gasteiger partial charge in [-0.15, -0.1) is 0 Å². The summed E-state index contributed by atoms with van der Waals surface area (Å²) in [6, 6.07) is 7.89. The van der Waals surface area contributed by atoms with Crippen molar-refractivity contribution >= 4 is 49.6 Å². The molecule has 0 aliphatic rings. The molecule has 0 saturated carbocycles. The minimum Gasteiger partial charge on any atom is -0.481 e. The van der Waals surface area contributed by atoms with Gasteiger partial charge in [-0.25, -0.2) is 0 Å². The van der Waals surface area contributed by atoms with Crippen molar-refractivity contribution in [2.75, 3.05) is 5.32 Å². The number of hydrogen-bond acceptors (Lipinski definition) is 4. The molecule has 140 valence electrons. The molecule has 0 saturated heterocycles. The molecule has 0 radical (unpaired) electrons. The first kappa shape index (κ1) is 19.3. The standard InChI is InChI=1S/C17H15Br2N5O3/c18-13-3-1-11(2-4-13)8-24-10-14(19)16(22-24)21-17(27)12-7-20-23(9-12)6-5-15(25)26/h1-4,7,9-10H,5-6,8H2,(H,25,26)(H,21,22,27). The summed E-state index contributed by atoms with van der Waals surface area (Å²) in [6.07, 6.45) is 4.62. The minimum atomic E-state index is -0.920. The number of carbonyl (C=O) groups is 2. The Labute approximate surface area is 171 Å². The topological polar surface area (TPSA) is 102 Å². The molecule has 8 nitrogen and oxygen atoms in total. The summed E-state index contributed by atoms with van der Waals surface area (Å²) in [7, 11) is 0. The summed E-state index contributed by atoms with van der Waals surface area (Å²) in [4.78, 5) is 23.0. The molecule has 2 heterocycles. The Kier molecular flexibility index (Phi) is 6.07. The number of rotatable bonds is 7. The van der Waals surface area contributed by atoms with E-state index in [1.165, 1.54) is 17.1 Å². The second-order valence-corrected chi connectivity index (χ2v) is 7.51. The summed E-state index contributed by atoms with van der Waals surface area (Å²) in [5, 5.41) is 19.8. The van der Waals surface area contributed by atoms with Gasteiger partial charge < -0.3 is 10.4 Å². The highest BCUT2D eigenvalue weighted by Crippen LogP contribution is 2.22. The Morgan fingerprint density at radius 2 is 1.85 bits per heavy atom. The van der Waals surface area contributed by atoms with Crippen molar-refractivity contribution in [1.82, 2.24) is 19.6 Å². The maximum absolute atomic E-state index is 12.4. The van der Waals surface area contributed by atoms with Gasteiger partial charge in [0.1, 0.15) is 0 Å². The van der Waals surface area contributed by atoms with Crippen molar-refractivity contribution in [3.63, 3.8) is 0 Å². The predicted octanol–water partition coefficient (Wildman–Crippen LogP) is 3.38. The first-order chi connectivity index (χ1) is 12.9. The van der Waals surface area contributed by atoms with Crippen LogP contribution in [0, 0.1) is 0 Å². The number of aromatic nitrogens is 4. The van der Waals surface area contributed by atoms with E-state index >= 15 is 0 Å². The maximum atomic E-state index is 12.4. The number of halogens is 2. The van der Waals surface area contributed by atoms with Crippen LogP contribution in [0.25, 0.3) is 0 Å². The van der Waals surface area contributed by atoms with Crippen LogP contribution in [0.3, 0.4) is 0 Å². The summed E-state index contributed by atoms with van der Waals surface area (Å²) < 4.78 is 4.81. The average Bonchev–Trinajstić information content (AvgIpc) is 3.22. The number of amides is 1. The number of carbonyl (C=O) groups excluding carboxylic acids is 1. The van der Waals surface area contributed by atoms with E-state index in [1.807, 2.05) is 24.3 Å². The number of anilines is 1. The van der Waals surface area contributed by atoms with Gasteiger partial charge in [0, 0.05) is 16.9 Å². The SMILES string of the molecule is O=C(O)CCn1cc(C(=O)Nc2nn(Cc3ccc(Br)cc3)cc2Br)cn1. The van der Waals surface area contributed by atoms with Gasteiger partial charge in [-0.2, -0.15) is 10.2 Å². The van der Waals surface area contributed by atoms with E-state index < -0.39 is 5.97 Å². The fourth-order valence-corrected chi connectivity index (χ4v) is 3.01. The normalized spacial score (nSPS) is 10.7. The molecule has 0 bridgehead atoms. The monoisotopic (exact) mass is 495 g/mol. The zero-order valence-corrected chi connectivity index (χ0v) is 17.1. The molecule has 0 fully saturated rings. The molecule has 3 aromatic rings. The second-order valence-electron chi connectivity index (χ2n) is 5.74. The van der Waals surface area contributed by atoms with E-state index in [-0.39, 0.29) is 18.9 Å². The van der Waals surface area contributed by atoms with Gasteiger partial charge in [0.25, 0.3) is 5.91 Å². The van der Waals surface area contributed by atoms with Gasteiger partial charge in [-0.3, -0.25) is 19.0 Å². The Balaban J connectivity index is 1.65. The number of nitrogens with one attached hydrogen (secondary N) is 1. The molecule has 0 atom stereocenters. The fourth-order valence-electron chi connectivity index (χ4n) is 2.33. The van der Waals surface area contributed by atoms with Crippen LogP contribution in [0.2, 0.25) is 0 Å². The first-order valence-electron chi connectivity index (χ1n) is 7.93. The summed E-state index contributed by atoms with van der Waals surface area (Å²) in [5.74, 6) is -0.890. The second kappa shape index (κ2) is 8.49. The molecule has 10 heteroatoms. The lowest BCUT2D eigenvalue weighted by atomic mass is 10.2. The Hall–Kier alpha value is -2.46. The lowest BCUT2D eigenvalue weighted by Gasteiger charge is -2.02. The van der Waals surface area contributed by atoms with Crippen LogP contribution in [0.5, 0.6) is 0 Å². The van der Waals surface area contributed by atoms with E-state index in [1.54, 1.807) is 10.9 Å². The van der Waals surface area contributed by atoms with Crippen LogP contribution in [-0.4, -0.2) is 36.5 Å². The van der Waals surface area contributed by atoms with Gasteiger partial charge in [0.05, 0.1) is 35.7 Å².